The predicted molar refractivity (Wildman–Crippen MR) is 30.3 cm³/mol. The van der Waals surface area contributed by atoms with Gasteiger partial charge in [0, 0.05) is 6.42 Å². The van der Waals surface area contributed by atoms with Gasteiger partial charge in [-0.3, -0.25) is 0 Å². The van der Waals surface area contributed by atoms with Gasteiger partial charge in [0.25, 0.3) is 0 Å². The Balaban J connectivity index is 3.23. The van der Waals surface area contributed by atoms with E-state index in [9.17, 15) is 8.78 Å². The molecule has 0 heterocycles. The van der Waals surface area contributed by atoms with Crippen molar-refractivity contribution in [1.29, 1.82) is 0 Å². The third kappa shape index (κ3) is 3.78. The SMILES string of the molecule is C=C[C@@H](F)C[C@H](C)F. The summed E-state index contributed by atoms with van der Waals surface area (Å²) in [6.07, 6.45) is -1.21. The molecule has 0 bridgehead atoms. The summed E-state index contributed by atoms with van der Waals surface area (Å²) in [5.74, 6) is 0. The molecule has 0 aromatic heterocycles. The van der Waals surface area contributed by atoms with E-state index < -0.39 is 12.3 Å². The Morgan fingerprint density at radius 2 is 2.12 bits per heavy atom. The van der Waals surface area contributed by atoms with Crippen LogP contribution in [-0.2, 0) is 0 Å². The van der Waals surface area contributed by atoms with E-state index in [-0.39, 0.29) is 6.42 Å². The normalized spacial score (nSPS) is 17.4. The van der Waals surface area contributed by atoms with E-state index in [0.717, 1.165) is 6.08 Å². The van der Waals surface area contributed by atoms with Gasteiger partial charge in [0.1, 0.15) is 12.3 Å². The van der Waals surface area contributed by atoms with Crippen molar-refractivity contribution in [2.75, 3.05) is 0 Å². The molecule has 0 fully saturated rings. The van der Waals surface area contributed by atoms with Crippen LogP contribution in [0.2, 0.25) is 0 Å². The second kappa shape index (κ2) is 3.58. The van der Waals surface area contributed by atoms with Crippen molar-refractivity contribution in [3.63, 3.8) is 0 Å². The Morgan fingerprint density at radius 1 is 1.62 bits per heavy atom. The molecule has 2 heteroatoms. The molecule has 2 atom stereocenters. The van der Waals surface area contributed by atoms with E-state index in [4.69, 9.17) is 0 Å². The zero-order valence-corrected chi connectivity index (χ0v) is 4.90. The molecule has 0 aliphatic heterocycles. The largest absolute Gasteiger partial charge is 0.248 e. The third-order valence-corrected chi connectivity index (χ3v) is 0.806. The summed E-state index contributed by atoms with van der Waals surface area (Å²) in [5.41, 5.74) is 0. The molecule has 0 aromatic carbocycles. The minimum absolute atomic E-state index is 0.0660. The average molecular weight is 120 g/mol. The van der Waals surface area contributed by atoms with Crippen molar-refractivity contribution in [3.05, 3.63) is 12.7 Å². The van der Waals surface area contributed by atoms with Gasteiger partial charge in [-0.1, -0.05) is 6.08 Å². The lowest BCUT2D eigenvalue weighted by Crippen LogP contribution is -2.02. The first-order chi connectivity index (χ1) is 3.66. The minimum Gasteiger partial charge on any atom is -0.248 e. The maximum absolute atomic E-state index is 12.0. The highest BCUT2D eigenvalue weighted by Gasteiger charge is 2.05. The van der Waals surface area contributed by atoms with Crippen LogP contribution >= 0.6 is 0 Å². The number of allylic oxidation sites excluding steroid dienone is 1. The number of rotatable bonds is 3. The summed E-state index contributed by atoms with van der Waals surface area (Å²) in [7, 11) is 0. The first-order valence-electron chi connectivity index (χ1n) is 2.57. The minimum atomic E-state index is -1.19. The lowest BCUT2D eigenvalue weighted by Gasteiger charge is -2.00. The molecule has 0 aromatic rings. The summed E-state index contributed by atoms with van der Waals surface area (Å²) in [5, 5.41) is 0. The van der Waals surface area contributed by atoms with Gasteiger partial charge in [-0.25, -0.2) is 8.78 Å². The molecule has 8 heavy (non-hydrogen) atoms. The van der Waals surface area contributed by atoms with Crippen molar-refractivity contribution < 1.29 is 8.78 Å². The number of alkyl halides is 2. The van der Waals surface area contributed by atoms with Gasteiger partial charge in [0.15, 0.2) is 0 Å². The molecule has 0 aliphatic rings. The predicted octanol–water partition coefficient (Wildman–Crippen LogP) is 2.26. The van der Waals surface area contributed by atoms with Gasteiger partial charge >= 0.3 is 0 Å². The molecule has 0 unspecified atom stereocenters. The second-order valence-electron chi connectivity index (χ2n) is 1.77. The van der Waals surface area contributed by atoms with Gasteiger partial charge in [-0.05, 0) is 6.92 Å². The van der Waals surface area contributed by atoms with Crippen LogP contribution in [0.3, 0.4) is 0 Å². The standard InChI is InChI=1S/C6H10F2/c1-3-6(8)4-5(2)7/h3,5-6H,1,4H2,2H3/t5-,6+/m0/s1. The summed E-state index contributed by atoms with van der Waals surface area (Å²) in [6.45, 7) is 4.50. The van der Waals surface area contributed by atoms with Crippen LogP contribution in [0.25, 0.3) is 0 Å². The van der Waals surface area contributed by atoms with Crippen molar-refractivity contribution in [2.45, 2.75) is 25.7 Å². The van der Waals surface area contributed by atoms with E-state index in [2.05, 4.69) is 6.58 Å². The Morgan fingerprint density at radius 3 is 2.25 bits per heavy atom. The van der Waals surface area contributed by atoms with Crippen LogP contribution in [0.4, 0.5) is 8.78 Å². The molecule has 0 radical (unpaired) electrons. The fourth-order valence-electron chi connectivity index (χ4n) is 0.407. The summed E-state index contributed by atoms with van der Waals surface area (Å²) < 4.78 is 23.9. The van der Waals surface area contributed by atoms with Crippen molar-refractivity contribution in [3.8, 4) is 0 Å². The molecule has 0 N–H and O–H groups in total. The lowest BCUT2D eigenvalue weighted by atomic mass is 10.2. The van der Waals surface area contributed by atoms with E-state index >= 15 is 0 Å². The first-order valence-corrected chi connectivity index (χ1v) is 2.57. The van der Waals surface area contributed by atoms with Crippen LogP contribution in [0.15, 0.2) is 12.7 Å². The molecule has 0 nitrogen and oxygen atoms in total. The molecule has 0 saturated heterocycles. The fraction of sp³-hybridized carbons (Fsp3) is 0.667. The number of hydrogen-bond donors (Lipinski definition) is 0. The quantitative estimate of drug-likeness (QED) is 0.501. The Kier molecular flexibility index (Phi) is 3.40. The van der Waals surface area contributed by atoms with Crippen LogP contribution in [-0.4, -0.2) is 12.3 Å². The third-order valence-electron chi connectivity index (χ3n) is 0.806. The smallest absolute Gasteiger partial charge is 0.121 e. The molecular formula is C6H10F2. The Hall–Kier alpha value is -0.400. The first kappa shape index (κ1) is 7.60. The summed E-state index contributed by atoms with van der Waals surface area (Å²) in [4.78, 5) is 0. The van der Waals surface area contributed by atoms with Crippen LogP contribution < -0.4 is 0 Å². The highest BCUT2D eigenvalue weighted by molar-refractivity contribution is 4.79. The monoisotopic (exact) mass is 120 g/mol. The second-order valence-corrected chi connectivity index (χ2v) is 1.77. The van der Waals surface area contributed by atoms with Gasteiger partial charge in [-0.15, -0.1) is 6.58 Å². The van der Waals surface area contributed by atoms with Crippen LogP contribution in [0.1, 0.15) is 13.3 Å². The van der Waals surface area contributed by atoms with E-state index in [0.29, 0.717) is 0 Å². The highest BCUT2D eigenvalue weighted by atomic mass is 19.1. The molecular weight excluding hydrogens is 110 g/mol. The summed E-state index contributed by atoms with van der Waals surface area (Å²) >= 11 is 0. The number of halogens is 2. The van der Waals surface area contributed by atoms with E-state index in [1.54, 1.807) is 0 Å². The van der Waals surface area contributed by atoms with Crippen LogP contribution in [0, 0.1) is 0 Å². The van der Waals surface area contributed by atoms with Crippen molar-refractivity contribution in [1.82, 2.24) is 0 Å². The van der Waals surface area contributed by atoms with Gasteiger partial charge in [0.05, 0.1) is 0 Å². The topological polar surface area (TPSA) is 0 Å². The van der Waals surface area contributed by atoms with Gasteiger partial charge in [0.2, 0.25) is 0 Å². The molecule has 0 amide bonds. The maximum atomic E-state index is 12.0. The molecule has 0 saturated carbocycles. The summed E-state index contributed by atoms with van der Waals surface area (Å²) in [6, 6.07) is 0. The van der Waals surface area contributed by atoms with Gasteiger partial charge < -0.3 is 0 Å². The molecule has 0 spiro atoms. The van der Waals surface area contributed by atoms with Crippen LogP contribution in [0.5, 0.6) is 0 Å². The van der Waals surface area contributed by atoms with Crippen molar-refractivity contribution >= 4 is 0 Å². The molecule has 48 valence electrons. The lowest BCUT2D eigenvalue weighted by molar-refractivity contribution is 0.265. The Labute approximate surface area is 48.2 Å². The van der Waals surface area contributed by atoms with E-state index in [1.807, 2.05) is 0 Å². The molecule has 0 aliphatic carbocycles. The Bertz CT molecular complexity index is 68.9. The fourth-order valence-corrected chi connectivity index (χ4v) is 0.407. The number of hydrogen-bond acceptors (Lipinski definition) is 0. The highest BCUT2D eigenvalue weighted by Crippen LogP contribution is 2.04. The zero-order chi connectivity index (χ0) is 6.57. The van der Waals surface area contributed by atoms with Crippen molar-refractivity contribution in [2.24, 2.45) is 0 Å². The average Bonchev–Trinajstić information content (AvgIpc) is 1.65. The zero-order valence-electron chi connectivity index (χ0n) is 4.90. The maximum Gasteiger partial charge on any atom is 0.121 e. The molecule has 0 rings (SSSR count). The van der Waals surface area contributed by atoms with Gasteiger partial charge in [-0.2, -0.15) is 0 Å². The van der Waals surface area contributed by atoms with E-state index in [1.165, 1.54) is 6.92 Å².